The van der Waals surface area contributed by atoms with E-state index in [4.69, 9.17) is 6.42 Å². The fraction of sp³-hybridized carbons (Fsp3) is 0.727. The van der Waals surface area contributed by atoms with Crippen LogP contribution in [0.4, 0.5) is 0 Å². The lowest BCUT2D eigenvalue weighted by molar-refractivity contribution is -0.121. The summed E-state index contributed by atoms with van der Waals surface area (Å²) < 4.78 is 0. The van der Waals surface area contributed by atoms with Gasteiger partial charge in [0.2, 0.25) is 5.91 Å². The van der Waals surface area contributed by atoms with Gasteiger partial charge in [-0.15, -0.1) is 6.42 Å². The van der Waals surface area contributed by atoms with Gasteiger partial charge in [0.1, 0.15) is 0 Å². The van der Waals surface area contributed by atoms with Crippen LogP contribution in [0.25, 0.3) is 0 Å². The van der Waals surface area contributed by atoms with Crippen LogP contribution in [0.1, 0.15) is 25.7 Å². The van der Waals surface area contributed by atoms with Crippen molar-refractivity contribution < 1.29 is 9.90 Å². The quantitative estimate of drug-likeness (QED) is 0.438. The van der Waals surface area contributed by atoms with Gasteiger partial charge in [0, 0.05) is 6.04 Å². The van der Waals surface area contributed by atoms with Gasteiger partial charge < -0.3 is 10.4 Å². The molecule has 4 heteroatoms. The van der Waals surface area contributed by atoms with Gasteiger partial charge in [-0.2, -0.15) is 0 Å². The van der Waals surface area contributed by atoms with E-state index in [2.05, 4.69) is 16.6 Å². The van der Waals surface area contributed by atoms with E-state index in [-0.39, 0.29) is 24.6 Å². The van der Waals surface area contributed by atoms with Crippen LogP contribution in [0.2, 0.25) is 0 Å². The molecule has 84 valence electrons. The molecule has 0 aromatic rings. The Morgan fingerprint density at radius 1 is 1.53 bits per heavy atom. The van der Waals surface area contributed by atoms with Crippen LogP contribution in [0.5, 0.6) is 0 Å². The first-order valence-electron chi connectivity index (χ1n) is 5.34. The van der Waals surface area contributed by atoms with Crippen LogP contribution in [-0.2, 0) is 4.79 Å². The molecule has 0 aromatic heterocycles. The summed E-state index contributed by atoms with van der Waals surface area (Å²) in [5, 5.41) is 15.1. The molecule has 0 saturated heterocycles. The number of aliphatic hydroxyl groups excluding tert-OH is 1. The minimum Gasteiger partial charge on any atom is -0.393 e. The highest BCUT2D eigenvalue weighted by Gasteiger charge is 2.21. The maximum Gasteiger partial charge on any atom is 0.234 e. The SMILES string of the molecule is C#CCNCC(=O)NC1CCCC(O)C1. The van der Waals surface area contributed by atoms with E-state index in [9.17, 15) is 9.90 Å². The number of terminal acetylenes is 1. The van der Waals surface area contributed by atoms with Gasteiger partial charge in [-0.3, -0.25) is 10.1 Å². The van der Waals surface area contributed by atoms with Crippen molar-refractivity contribution in [3.05, 3.63) is 0 Å². The third-order valence-electron chi connectivity index (χ3n) is 2.52. The molecule has 1 aliphatic carbocycles. The lowest BCUT2D eigenvalue weighted by Crippen LogP contribution is -2.43. The van der Waals surface area contributed by atoms with Crippen molar-refractivity contribution in [2.24, 2.45) is 0 Å². The normalized spacial score (nSPS) is 25.6. The molecular formula is C11H18N2O2. The van der Waals surface area contributed by atoms with Crippen LogP contribution < -0.4 is 10.6 Å². The minimum absolute atomic E-state index is 0.0515. The van der Waals surface area contributed by atoms with Crippen molar-refractivity contribution >= 4 is 5.91 Å². The van der Waals surface area contributed by atoms with Crippen molar-refractivity contribution in [2.45, 2.75) is 37.8 Å². The molecule has 1 rings (SSSR count). The predicted octanol–water partition coefficient (Wildman–Crippen LogP) is -0.371. The summed E-state index contributed by atoms with van der Waals surface area (Å²) in [6.45, 7) is 0.650. The van der Waals surface area contributed by atoms with Gasteiger partial charge in [0.25, 0.3) is 0 Å². The molecule has 1 aliphatic rings. The fourth-order valence-electron chi connectivity index (χ4n) is 1.82. The van der Waals surface area contributed by atoms with Crippen molar-refractivity contribution in [3.63, 3.8) is 0 Å². The van der Waals surface area contributed by atoms with Crippen LogP contribution in [0, 0.1) is 12.3 Å². The Labute approximate surface area is 90.4 Å². The van der Waals surface area contributed by atoms with Crippen LogP contribution in [0.3, 0.4) is 0 Å². The van der Waals surface area contributed by atoms with Crippen LogP contribution in [0.15, 0.2) is 0 Å². The molecule has 1 saturated carbocycles. The maximum atomic E-state index is 11.4. The molecule has 0 bridgehead atoms. The second-order valence-electron chi connectivity index (χ2n) is 3.89. The highest BCUT2D eigenvalue weighted by molar-refractivity contribution is 5.78. The summed E-state index contributed by atoms with van der Waals surface area (Å²) in [5.74, 6) is 2.35. The van der Waals surface area contributed by atoms with E-state index in [0.717, 1.165) is 19.3 Å². The number of hydrogen-bond acceptors (Lipinski definition) is 3. The van der Waals surface area contributed by atoms with Gasteiger partial charge in [0.15, 0.2) is 0 Å². The lowest BCUT2D eigenvalue weighted by Gasteiger charge is -2.26. The third-order valence-corrected chi connectivity index (χ3v) is 2.52. The Bertz CT molecular complexity index is 247. The van der Waals surface area contributed by atoms with E-state index >= 15 is 0 Å². The largest absolute Gasteiger partial charge is 0.393 e. The zero-order valence-corrected chi connectivity index (χ0v) is 8.83. The van der Waals surface area contributed by atoms with E-state index in [1.807, 2.05) is 0 Å². The first kappa shape index (κ1) is 12.0. The standard InChI is InChI=1S/C11H18N2O2/c1-2-6-12-8-11(15)13-9-4-3-5-10(14)7-9/h1,9-10,12,14H,3-8H2,(H,13,15). The van der Waals surface area contributed by atoms with Crippen molar-refractivity contribution in [1.29, 1.82) is 0 Å². The maximum absolute atomic E-state index is 11.4. The van der Waals surface area contributed by atoms with E-state index < -0.39 is 0 Å². The number of amides is 1. The molecule has 2 unspecified atom stereocenters. The monoisotopic (exact) mass is 210 g/mol. The molecule has 4 nitrogen and oxygen atoms in total. The summed E-state index contributed by atoms with van der Waals surface area (Å²) in [6, 6.07) is 0.119. The smallest absolute Gasteiger partial charge is 0.234 e. The van der Waals surface area contributed by atoms with E-state index in [1.165, 1.54) is 0 Å². The lowest BCUT2D eigenvalue weighted by atomic mass is 9.93. The molecular weight excluding hydrogens is 192 g/mol. The van der Waals surface area contributed by atoms with Gasteiger partial charge >= 0.3 is 0 Å². The van der Waals surface area contributed by atoms with E-state index in [0.29, 0.717) is 13.0 Å². The van der Waals surface area contributed by atoms with Gasteiger partial charge in [-0.1, -0.05) is 5.92 Å². The summed E-state index contributed by atoms with van der Waals surface area (Å²) in [5.41, 5.74) is 0. The second kappa shape index (κ2) is 6.44. The van der Waals surface area contributed by atoms with E-state index in [1.54, 1.807) is 0 Å². The first-order chi connectivity index (χ1) is 7.22. The number of rotatable bonds is 4. The molecule has 0 heterocycles. The Hall–Kier alpha value is -1.05. The second-order valence-corrected chi connectivity index (χ2v) is 3.89. The summed E-state index contributed by atoms with van der Waals surface area (Å²) in [6.07, 6.45) is 8.23. The van der Waals surface area contributed by atoms with Gasteiger partial charge in [0.05, 0.1) is 19.2 Å². The summed E-state index contributed by atoms with van der Waals surface area (Å²) >= 11 is 0. The Morgan fingerprint density at radius 2 is 2.33 bits per heavy atom. The third kappa shape index (κ3) is 4.82. The highest BCUT2D eigenvalue weighted by atomic mass is 16.3. The first-order valence-corrected chi connectivity index (χ1v) is 5.34. The van der Waals surface area contributed by atoms with Crippen LogP contribution in [-0.4, -0.2) is 36.2 Å². The molecule has 1 fully saturated rings. The topological polar surface area (TPSA) is 61.4 Å². The Morgan fingerprint density at radius 3 is 3.00 bits per heavy atom. The number of carbonyl (C=O) groups is 1. The molecule has 0 aromatic carbocycles. The van der Waals surface area contributed by atoms with Crippen LogP contribution >= 0.6 is 0 Å². The summed E-state index contributed by atoms with van der Waals surface area (Å²) in [7, 11) is 0. The molecule has 0 spiro atoms. The molecule has 15 heavy (non-hydrogen) atoms. The molecule has 1 amide bonds. The number of hydrogen-bond donors (Lipinski definition) is 3. The number of aliphatic hydroxyl groups is 1. The predicted molar refractivity (Wildman–Crippen MR) is 58.1 cm³/mol. The minimum atomic E-state index is -0.261. The number of carbonyl (C=O) groups excluding carboxylic acids is 1. The fourth-order valence-corrected chi connectivity index (χ4v) is 1.82. The van der Waals surface area contributed by atoms with Gasteiger partial charge in [-0.25, -0.2) is 0 Å². The van der Waals surface area contributed by atoms with Crippen molar-refractivity contribution in [3.8, 4) is 12.3 Å². The van der Waals surface area contributed by atoms with Gasteiger partial charge in [-0.05, 0) is 25.7 Å². The number of nitrogens with one attached hydrogen (secondary N) is 2. The highest BCUT2D eigenvalue weighted by Crippen LogP contribution is 2.17. The molecule has 0 aliphatic heterocycles. The molecule has 3 N–H and O–H groups in total. The zero-order chi connectivity index (χ0) is 11.1. The Balaban J connectivity index is 2.16. The average molecular weight is 210 g/mol. The Kier molecular flexibility index (Phi) is 5.16. The molecule has 0 radical (unpaired) electrons. The zero-order valence-electron chi connectivity index (χ0n) is 8.83. The van der Waals surface area contributed by atoms with Crippen molar-refractivity contribution in [1.82, 2.24) is 10.6 Å². The average Bonchev–Trinajstić information content (AvgIpc) is 2.18. The molecule has 2 atom stereocenters. The summed E-state index contributed by atoms with van der Waals surface area (Å²) in [4.78, 5) is 11.4. The van der Waals surface area contributed by atoms with Crippen molar-refractivity contribution in [2.75, 3.05) is 13.1 Å².